The van der Waals surface area contributed by atoms with Gasteiger partial charge in [0.1, 0.15) is 6.04 Å². The van der Waals surface area contributed by atoms with Gasteiger partial charge in [-0.05, 0) is 43.5 Å². The predicted octanol–water partition coefficient (Wildman–Crippen LogP) is 2.38. The van der Waals surface area contributed by atoms with Gasteiger partial charge in [-0.2, -0.15) is 5.26 Å². The van der Waals surface area contributed by atoms with Gasteiger partial charge >= 0.3 is 0 Å². The van der Waals surface area contributed by atoms with Crippen molar-refractivity contribution in [1.82, 2.24) is 15.2 Å². The summed E-state index contributed by atoms with van der Waals surface area (Å²) in [4.78, 5) is 33.5. The molecule has 2 fully saturated rings. The fourth-order valence-corrected chi connectivity index (χ4v) is 4.93. The molecule has 0 spiro atoms. The van der Waals surface area contributed by atoms with Gasteiger partial charge in [0.25, 0.3) is 5.91 Å². The van der Waals surface area contributed by atoms with E-state index in [1.54, 1.807) is 24.0 Å². The van der Waals surface area contributed by atoms with Gasteiger partial charge in [0.15, 0.2) is 0 Å². The molecule has 0 unspecified atom stereocenters. The molecule has 0 bridgehead atoms. The molecular formula is C21H23N5O2S. The lowest BCUT2D eigenvalue weighted by Crippen LogP contribution is -2.42. The number of rotatable bonds is 4. The highest BCUT2D eigenvalue weighted by Gasteiger charge is 2.29. The number of aromatic nitrogens is 1. The number of fused-ring (bicyclic) bond motifs is 1. The van der Waals surface area contributed by atoms with Crippen LogP contribution in [0.15, 0.2) is 30.5 Å². The van der Waals surface area contributed by atoms with Gasteiger partial charge in [0.2, 0.25) is 5.91 Å². The van der Waals surface area contributed by atoms with E-state index in [1.165, 1.54) is 24.2 Å². The van der Waals surface area contributed by atoms with Crippen molar-refractivity contribution >= 4 is 40.2 Å². The first kappa shape index (κ1) is 19.5. The van der Waals surface area contributed by atoms with Crippen LogP contribution in [0.25, 0.3) is 10.9 Å². The Morgan fingerprint density at radius 3 is 2.86 bits per heavy atom. The monoisotopic (exact) mass is 409 g/mol. The van der Waals surface area contributed by atoms with E-state index in [4.69, 9.17) is 5.26 Å². The molecular weight excluding hydrogens is 386 g/mol. The summed E-state index contributed by atoms with van der Waals surface area (Å²) in [6.07, 6.45) is 5.23. The molecule has 2 aliphatic rings. The number of nitriles is 1. The van der Waals surface area contributed by atoms with Gasteiger partial charge in [-0.3, -0.25) is 14.6 Å². The highest BCUT2D eigenvalue weighted by molar-refractivity contribution is 7.99. The molecule has 0 radical (unpaired) electrons. The largest absolute Gasteiger partial charge is 0.372 e. The van der Waals surface area contributed by atoms with Crippen molar-refractivity contribution in [3.05, 3.63) is 36.0 Å². The third kappa shape index (κ3) is 4.15. The number of pyridine rings is 1. The first-order valence-electron chi connectivity index (χ1n) is 9.86. The van der Waals surface area contributed by atoms with E-state index < -0.39 is 6.04 Å². The highest BCUT2D eigenvalue weighted by atomic mass is 32.2. The number of amides is 2. The smallest absolute Gasteiger partial charge is 0.252 e. The molecule has 4 rings (SSSR count). The second kappa shape index (κ2) is 8.70. The summed E-state index contributed by atoms with van der Waals surface area (Å²) in [5, 5.41) is 12.6. The van der Waals surface area contributed by atoms with Crippen molar-refractivity contribution in [2.45, 2.75) is 25.3 Å². The molecule has 7 nitrogen and oxygen atoms in total. The van der Waals surface area contributed by atoms with Crippen molar-refractivity contribution in [3.8, 4) is 6.07 Å². The minimum atomic E-state index is -0.418. The molecule has 0 saturated carbocycles. The van der Waals surface area contributed by atoms with Crippen LogP contribution in [0, 0.1) is 11.3 Å². The minimum Gasteiger partial charge on any atom is -0.372 e. The van der Waals surface area contributed by atoms with Crippen LogP contribution in [-0.2, 0) is 4.79 Å². The third-order valence-corrected chi connectivity index (χ3v) is 6.46. The number of carbonyl (C=O) groups excluding carboxylic acids is 2. The molecule has 1 aromatic carbocycles. The van der Waals surface area contributed by atoms with E-state index in [0.717, 1.165) is 29.7 Å². The van der Waals surface area contributed by atoms with Crippen LogP contribution in [0.4, 0.5) is 5.69 Å². The molecule has 3 heterocycles. The van der Waals surface area contributed by atoms with Crippen molar-refractivity contribution in [3.63, 3.8) is 0 Å². The van der Waals surface area contributed by atoms with E-state index in [0.29, 0.717) is 17.2 Å². The van der Waals surface area contributed by atoms with Crippen molar-refractivity contribution < 1.29 is 9.59 Å². The Labute approximate surface area is 174 Å². The summed E-state index contributed by atoms with van der Waals surface area (Å²) < 4.78 is 0. The third-order valence-electron chi connectivity index (χ3n) is 5.44. The first-order valence-corrected chi connectivity index (χ1v) is 11.0. The molecule has 29 heavy (non-hydrogen) atoms. The summed E-state index contributed by atoms with van der Waals surface area (Å²) >= 11 is 1.55. The SMILES string of the molecule is N#C[C@@H]1CSCN1C(=O)CNC(=O)c1ccnc2ccc(N3CCCCC3)cc12. The number of carbonyl (C=O) groups is 2. The van der Waals surface area contributed by atoms with Gasteiger partial charge in [0.05, 0.1) is 29.6 Å². The number of hydrogen-bond donors (Lipinski definition) is 1. The summed E-state index contributed by atoms with van der Waals surface area (Å²) in [5.41, 5.74) is 2.36. The zero-order chi connectivity index (χ0) is 20.2. The zero-order valence-electron chi connectivity index (χ0n) is 16.1. The number of piperidine rings is 1. The Bertz CT molecular complexity index is 967. The number of anilines is 1. The van der Waals surface area contributed by atoms with Crippen LogP contribution in [0.5, 0.6) is 0 Å². The van der Waals surface area contributed by atoms with Crippen molar-refractivity contribution in [2.75, 3.05) is 36.2 Å². The van der Waals surface area contributed by atoms with E-state index >= 15 is 0 Å². The Balaban J connectivity index is 1.51. The standard InChI is InChI=1S/C21H23N5O2S/c22-11-16-13-29-14-26(16)20(27)12-24-21(28)17-6-7-23-19-5-4-15(10-18(17)19)25-8-2-1-3-9-25/h4-7,10,16H,1-3,8-9,12-14H2,(H,24,28)/t16-/m1/s1. The Kier molecular flexibility index (Phi) is 5.86. The molecule has 2 amide bonds. The maximum Gasteiger partial charge on any atom is 0.252 e. The average Bonchev–Trinajstić information content (AvgIpc) is 3.26. The zero-order valence-corrected chi connectivity index (χ0v) is 17.0. The molecule has 1 aromatic heterocycles. The van der Waals surface area contributed by atoms with Crippen LogP contribution in [0.2, 0.25) is 0 Å². The summed E-state index contributed by atoms with van der Waals surface area (Å²) in [6.45, 7) is 1.93. The normalized spacial score (nSPS) is 19.2. The van der Waals surface area contributed by atoms with Gasteiger partial charge in [-0.1, -0.05) is 0 Å². The lowest BCUT2D eigenvalue weighted by atomic mass is 10.1. The fraction of sp³-hybridized carbons (Fsp3) is 0.429. The van der Waals surface area contributed by atoms with Crippen LogP contribution >= 0.6 is 11.8 Å². The Hall–Kier alpha value is -2.79. The van der Waals surface area contributed by atoms with Gasteiger partial charge in [0, 0.05) is 36.1 Å². The molecule has 2 saturated heterocycles. The second-order valence-electron chi connectivity index (χ2n) is 7.30. The number of nitrogens with one attached hydrogen (secondary N) is 1. The van der Waals surface area contributed by atoms with Crippen LogP contribution in [-0.4, -0.2) is 59.0 Å². The number of benzene rings is 1. The summed E-state index contributed by atoms with van der Waals surface area (Å²) in [7, 11) is 0. The Morgan fingerprint density at radius 2 is 2.07 bits per heavy atom. The molecule has 1 N–H and O–H groups in total. The molecule has 0 aliphatic carbocycles. The van der Waals surface area contributed by atoms with E-state index in [2.05, 4.69) is 27.3 Å². The summed E-state index contributed by atoms with van der Waals surface area (Å²) in [6, 6.07) is 9.42. The highest BCUT2D eigenvalue weighted by Crippen LogP contribution is 2.26. The molecule has 150 valence electrons. The Morgan fingerprint density at radius 1 is 1.24 bits per heavy atom. The first-order chi connectivity index (χ1) is 14.2. The number of nitrogens with zero attached hydrogens (tertiary/aromatic N) is 4. The maximum atomic E-state index is 12.8. The molecule has 2 aliphatic heterocycles. The second-order valence-corrected chi connectivity index (χ2v) is 8.30. The fourth-order valence-electron chi connectivity index (χ4n) is 3.83. The lowest BCUT2D eigenvalue weighted by molar-refractivity contribution is -0.129. The van der Waals surface area contributed by atoms with Crippen LogP contribution < -0.4 is 10.2 Å². The minimum absolute atomic E-state index is 0.118. The van der Waals surface area contributed by atoms with E-state index in [9.17, 15) is 9.59 Å². The maximum absolute atomic E-state index is 12.8. The topological polar surface area (TPSA) is 89.3 Å². The van der Waals surface area contributed by atoms with Crippen LogP contribution in [0.1, 0.15) is 29.6 Å². The van der Waals surface area contributed by atoms with Crippen molar-refractivity contribution in [2.24, 2.45) is 0 Å². The lowest BCUT2D eigenvalue weighted by Gasteiger charge is -2.29. The average molecular weight is 410 g/mol. The predicted molar refractivity (Wildman–Crippen MR) is 114 cm³/mol. The molecule has 2 aromatic rings. The molecule has 1 atom stereocenters. The number of hydrogen-bond acceptors (Lipinski definition) is 6. The number of thioether (sulfide) groups is 1. The molecule has 8 heteroatoms. The van der Waals surface area contributed by atoms with Gasteiger partial charge in [-0.25, -0.2) is 0 Å². The summed E-state index contributed by atoms with van der Waals surface area (Å²) in [5.74, 6) is 0.568. The van der Waals surface area contributed by atoms with E-state index in [-0.39, 0.29) is 18.4 Å². The van der Waals surface area contributed by atoms with Gasteiger partial charge in [-0.15, -0.1) is 11.8 Å². The van der Waals surface area contributed by atoms with Crippen molar-refractivity contribution in [1.29, 1.82) is 5.26 Å². The van der Waals surface area contributed by atoms with Crippen LogP contribution in [0.3, 0.4) is 0 Å². The quantitative estimate of drug-likeness (QED) is 0.834. The van der Waals surface area contributed by atoms with E-state index in [1.807, 2.05) is 12.1 Å². The van der Waals surface area contributed by atoms with Gasteiger partial charge < -0.3 is 15.1 Å².